The molecule has 2 atom stereocenters. The molecule has 3 heteroatoms. The van der Waals surface area contributed by atoms with Crippen LogP contribution in [-0.4, -0.2) is 25.8 Å². The van der Waals surface area contributed by atoms with Gasteiger partial charge in [0.15, 0.2) is 0 Å². The molecule has 2 unspecified atom stereocenters. The van der Waals surface area contributed by atoms with Gasteiger partial charge in [-0.15, -0.1) is 0 Å². The molecule has 1 heterocycles. The van der Waals surface area contributed by atoms with Crippen LogP contribution in [0, 0.1) is 13.8 Å². The lowest BCUT2D eigenvalue weighted by atomic mass is 9.97. The summed E-state index contributed by atoms with van der Waals surface area (Å²) < 4.78 is 5.68. The highest BCUT2D eigenvalue weighted by atomic mass is 16.5. The molecule has 0 radical (unpaired) electrons. The fraction of sp³-hybridized carbons (Fsp3) is 0.571. The lowest BCUT2D eigenvalue weighted by molar-refractivity contribution is 0.0195. The first kappa shape index (κ1) is 12.6. The SMILES string of the molecule is Cc1ccc(C(N)CC2CNCCO2)cc1C. The zero-order valence-corrected chi connectivity index (χ0v) is 10.7. The summed E-state index contributed by atoms with van der Waals surface area (Å²) in [6.07, 6.45) is 1.13. The highest BCUT2D eigenvalue weighted by Crippen LogP contribution is 2.20. The van der Waals surface area contributed by atoms with Gasteiger partial charge in [-0.1, -0.05) is 18.2 Å². The number of nitrogens with one attached hydrogen (secondary N) is 1. The number of ether oxygens (including phenoxy) is 1. The predicted molar refractivity (Wildman–Crippen MR) is 70.1 cm³/mol. The zero-order valence-electron chi connectivity index (χ0n) is 10.7. The van der Waals surface area contributed by atoms with Crippen LogP contribution in [0.3, 0.4) is 0 Å². The van der Waals surface area contributed by atoms with Crippen LogP contribution in [0.1, 0.15) is 29.2 Å². The first-order chi connectivity index (χ1) is 8.16. The van der Waals surface area contributed by atoms with E-state index in [0.717, 1.165) is 26.1 Å². The lowest BCUT2D eigenvalue weighted by Gasteiger charge is -2.26. The maximum Gasteiger partial charge on any atom is 0.0718 e. The first-order valence-corrected chi connectivity index (χ1v) is 6.32. The van der Waals surface area contributed by atoms with E-state index in [0.29, 0.717) is 0 Å². The van der Waals surface area contributed by atoms with E-state index in [1.54, 1.807) is 0 Å². The Morgan fingerprint density at radius 3 is 2.88 bits per heavy atom. The highest BCUT2D eigenvalue weighted by Gasteiger charge is 2.18. The molecule has 3 N–H and O–H groups in total. The summed E-state index contributed by atoms with van der Waals surface area (Å²) in [6, 6.07) is 6.53. The molecule has 1 aliphatic heterocycles. The minimum absolute atomic E-state index is 0.0687. The average molecular weight is 234 g/mol. The van der Waals surface area contributed by atoms with Crippen molar-refractivity contribution in [2.45, 2.75) is 32.4 Å². The van der Waals surface area contributed by atoms with Crippen molar-refractivity contribution in [3.63, 3.8) is 0 Å². The molecule has 2 rings (SSSR count). The highest BCUT2D eigenvalue weighted by molar-refractivity contribution is 5.31. The third-order valence-electron chi connectivity index (χ3n) is 3.48. The number of nitrogens with two attached hydrogens (primary N) is 1. The van der Waals surface area contributed by atoms with E-state index in [9.17, 15) is 0 Å². The van der Waals surface area contributed by atoms with Gasteiger partial charge in [-0.25, -0.2) is 0 Å². The van der Waals surface area contributed by atoms with E-state index in [2.05, 4.69) is 37.4 Å². The molecule has 0 saturated carbocycles. The minimum Gasteiger partial charge on any atom is -0.376 e. The molecule has 1 saturated heterocycles. The Labute approximate surface area is 103 Å². The Kier molecular flexibility index (Phi) is 4.15. The minimum atomic E-state index is 0.0687. The van der Waals surface area contributed by atoms with Gasteiger partial charge in [0.25, 0.3) is 0 Å². The molecule has 0 spiro atoms. The summed E-state index contributed by atoms with van der Waals surface area (Å²) in [4.78, 5) is 0. The number of hydrogen-bond donors (Lipinski definition) is 2. The van der Waals surface area contributed by atoms with Crippen LogP contribution in [-0.2, 0) is 4.74 Å². The van der Waals surface area contributed by atoms with E-state index in [1.807, 2.05) is 0 Å². The van der Waals surface area contributed by atoms with E-state index >= 15 is 0 Å². The van der Waals surface area contributed by atoms with Crippen molar-refractivity contribution in [1.82, 2.24) is 5.32 Å². The van der Waals surface area contributed by atoms with Crippen LogP contribution in [0.5, 0.6) is 0 Å². The van der Waals surface area contributed by atoms with Crippen LogP contribution in [0.2, 0.25) is 0 Å². The van der Waals surface area contributed by atoms with Gasteiger partial charge in [-0.2, -0.15) is 0 Å². The Morgan fingerprint density at radius 2 is 2.24 bits per heavy atom. The number of morpholine rings is 1. The van der Waals surface area contributed by atoms with Crippen molar-refractivity contribution in [1.29, 1.82) is 0 Å². The predicted octanol–water partition coefficient (Wildman–Crippen LogP) is 1.68. The Morgan fingerprint density at radius 1 is 1.41 bits per heavy atom. The summed E-state index contributed by atoms with van der Waals surface area (Å²) in [5.41, 5.74) is 10.1. The summed E-state index contributed by atoms with van der Waals surface area (Å²) in [7, 11) is 0. The number of rotatable bonds is 3. The van der Waals surface area contributed by atoms with Crippen molar-refractivity contribution in [3.8, 4) is 0 Å². The number of benzene rings is 1. The Balaban J connectivity index is 1.98. The van der Waals surface area contributed by atoms with Crippen LogP contribution in [0.15, 0.2) is 18.2 Å². The maximum atomic E-state index is 6.24. The smallest absolute Gasteiger partial charge is 0.0718 e. The second kappa shape index (κ2) is 5.63. The third-order valence-corrected chi connectivity index (χ3v) is 3.48. The molecule has 0 aliphatic carbocycles. The van der Waals surface area contributed by atoms with Crippen LogP contribution < -0.4 is 11.1 Å². The average Bonchev–Trinajstić information content (AvgIpc) is 2.34. The molecule has 0 aromatic heterocycles. The van der Waals surface area contributed by atoms with Gasteiger partial charge < -0.3 is 15.8 Å². The Hall–Kier alpha value is -0.900. The molecule has 1 aromatic carbocycles. The molecule has 17 heavy (non-hydrogen) atoms. The van der Waals surface area contributed by atoms with E-state index in [4.69, 9.17) is 10.5 Å². The van der Waals surface area contributed by atoms with Crippen molar-refractivity contribution in [2.75, 3.05) is 19.7 Å². The van der Waals surface area contributed by atoms with Gasteiger partial charge in [0.2, 0.25) is 0 Å². The molecule has 1 fully saturated rings. The molecule has 1 aromatic rings. The topological polar surface area (TPSA) is 47.3 Å². The maximum absolute atomic E-state index is 6.24. The summed E-state index contributed by atoms with van der Waals surface area (Å²) in [5.74, 6) is 0. The van der Waals surface area contributed by atoms with Crippen LogP contribution in [0.4, 0.5) is 0 Å². The van der Waals surface area contributed by atoms with E-state index in [1.165, 1.54) is 16.7 Å². The second-order valence-electron chi connectivity index (χ2n) is 4.88. The standard InChI is InChI=1S/C14H22N2O/c1-10-3-4-12(7-11(10)2)14(15)8-13-9-16-5-6-17-13/h3-4,7,13-14,16H,5-6,8-9,15H2,1-2H3. The Bertz CT molecular complexity index is 372. The fourth-order valence-electron chi connectivity index (χ4n) is 2.19. The molecule has 0 amide bonds. The van der Waals surface area contributed by atoms with Crippen molar-refractivity contribution < 1.29 is 4.74 Å². The van der Waals surface area contributed by atoms with Gasteiger partial charge >= 0.3 is 0 Å². The molecule has 0 bridgehead atoms. The van der Waals surface area contributed by atoms with Crippen molar-refractivity contribution >= 4 is 0 Å². The van der Waals surface area contributed by atoms with Gasteiger partial charge in [-0.05, 0) is 37.0 Å². The summed E-state index contributed by atoms with van der Waals surface area (Å²) >= 11 is 0. The van der Waals surface area contributed by atoms with Crippen molar-refractivity contribution in [3.05, 3.63) is 34.9 Å². The van der Waals surface area contributed by atoms with Gasteiger partial charge in [0.05, 0.1) is 12.7 Å². The van der Waals surface area contributed by atoms with Gasteiger partial charge in [-0.3, -0.25) is 0 Å². The van der Waals surface area contributed by atoms with Crippen molar-refractivity contribution in [2.24, 2.45) is 5.73 Å². The van der Waals surface area contributed by atoms with Gasteiger partial charge in [0.1, 0.15) is 0 Å². The molecule has 1 aliphatic rings. The monoisotopic (exact) mass is 234 g/mol. The lowest BCUT2D eigenvalue weighted by Crippen LogP contribution is -2.40. The van der Waals surface area contributed by atoms with Crippen LogP contribution >= 0.6 is 0 Å². The largest absolute Gasteiger partial charge is 0.376 e. The van der Waals surface area contributed by atoms with E-state index < -0.39 is 0 Å². The molecular weight excluding hydrogens is 212 g/mol. The molecular formula is C14H22N2O. The summed E-state index contributed by atoms with van der Waals surface area (Å²) in [6.45, 7) is 6.92. The van der Waals surface area contributed by atoms with Crippen LogP contribution in [0.25, 0.3) is 0 Å². The van der Waals surface area contributed by atoms with Gasteiger partial charge in [0, 0.05) is 19.1 Å². The third kappa shape index (κ3) is 3.28. The first-order valence-electron chi connectivity index (χ1n) is 6.32. The number of hydrogen-bond acceptors (Lipinski definition) is 3. The quantitative estimate of drug-likeness (QED) is 0.836. The second-order valence-corrected chi connectivity index (χ2v) is 4.88. The molecule has 3 nitrogen and oxygen atoms in total. The molecule has 94 valence electrons. The summed E-state index contributed by atoms with van der Waals surface area (Å²) in [5, 5.41) is 3.33. The number of aryl methyl sites for hydroxylation is 2. The normalized spacial score (nSPS) is 22.4. The van der Waals surface area contributed by atoms with E-state index in [-0.39, 0.29) is 12.1 Å². The zero-order chi connectivity index (χ0) is 12.3. The fourth-order valence-corrected chi connectivity index (χ4v) is 2.19.